The first kappa shape index (κ1) is 10.1. The van der Waals surface area contributed by atoms with Crippen LogP contribution in [-0.4, -0.2) is 9.97 Å². The molecule has 0 aliphatic rings. The third-order valence-electron chi connectivity index (χ3n) is 0.983. The Morgan fingerprint density at radius 3 is 1.92 bits per heavy atom. The molecule has 12 heavy (non-hydrogen) atoms. The highest BCUT2D eigenvalue weighted by Crippen LogP contribution is 2.29. The van der Waals surface area contributed by atoms with Crippen molar-refractivity contribution in [2.75, 3.05) is 0 Å². The Hall–Kier alpha value is -0.000000000000000167. The molecular weight excluding hydrogens is 277 g/mol. The standard InChI is InChI=1S/C5HBrCl2F2N2/c6-1-2(7)11-5(4(9)10)12-3(1)8/h4H. The molecule has 0 unspecified atom stereocenters. The van der Waals surface area contributed by atoms with Crippen LogP contribution in [0.2, 0.25) is 10.3 Å². The number of rotatable bonds is 1. The van der Waals surface area contributed by atoms with Crippen molar-refractivity contribution in [3.8, 4) is 0 Å². The molecule has 0 spiro atoms. The molecular formula is C5HBrCl2F2N2. The van der Waals surface area contributed by atoms with Gasteiger partial charge >= 0.3 is 0 Å². The van der Waals surface area contributed by atoms with Gasteiger partial charge in [-0.1, -0.05) is 23.2 Å². The van der Waals surface area contributed by atoms with Crippen molar-refractivity contribution in [2.24, 2.45) is 0 Å². The molecule has 0 amide bonds. The number of aromatic nitrogens is 2. The van der Waals surface area contributed by atoms with Crippen LogP contribution in [-0.2, 0) is 0 Å². The Kier molecular flexibility index (Phi) is 3.20. The summed E-state index contributed by atoms with van der Waals surface area (Å²) in [5.74, 6) is -0.673. The Morgan fingerprint density at radius 2 is 1.58 bits per heavy atom. The quantitative estimate of drug-likeness (QED) is 0.735. The van der Waals surface area contributed by atoms with E-state index < -0.39 is 12.2 Å². The van der Waals surface area contributed by atoms with Crippen LogP contribution in [0.1, 0.15) is 12.2 Å². The SMILES string of the molecule is FC(F)c1nc(Cl)c(Br)c(Cl)n1. The van der Waals surface area contributed by atoms with Gasteiger partial charge in [0.2, 0.25) is 0 Å². The van der Waals surface area contributed by atoms with Crippen molar-refractivity contribution in [3.63, 3.8) is 0 Å². The molecule has 66 valence electrons. The van der Waals surface area contributed by atoms with Crippen LogP contribution in [0.3, 0.4) is 0 Å². The van der Waals surface area contributed by atoms with Crippen LogP contribution in [0.4, 0.5) is 8.78 Å². The molecule has 0 N–H and O–H groups in total. The van der Waals surface area contributed by atoms with Gasteiger partial charge in [0, 0.05) is 0 Å². The van der Waals surface area contributed by atoms with Crippen LogP contribution >= 0.6 is 39.1 Å². The van der Waals surface area contributed by atoms with Gasteiger partial charge in [0.15, 0.2) is 5.82 Å². The largest absolute Gasteiger partial charge is 0.297 e. The molecule has 0 saturated heterocycles. The lowest BCUT2D eigenvalue weighted by Crippen LogP contribution is -1.96. The lowest BCUT2D eigenvalue weighted by Gasteiger charge is -2.01. The minimum absolute atomic E-state index is 0.120. The molecule has 0 bridgehead atoms. The number of hydrogen-bond donors (Lipinski definition) is 0. The van der Waals surface area contributed by atoms with E-state index in [0.29, 0.717) is 0 Å². The molecule has 1 heterocycles. The molecule has 1 rings (SSSR count). The molecule has 0 fully saturated rings. The van der Waals surface area contributed by atoms with Crippen molar-refractivity contribution in [2.45, 2.75) is 6.43 Å². The molecule has 0 radical (unpaired) electrons. The Bertz CT molecular complexity index is 284. The van der Waals surface area contributed by atoms with Crippen LogP contribution in [0.25, 0.3) is 0 Å². The van der Waals surface area contributed by atoms with E-state index in [1.807, 2.05) is 0 Å². The van der Waals surface area contributed by atoms with E-state index in [-0.39, 0.29) is 14.8 Å². The normalized spacial score (nSPS) is 10.8. The summed E-state index contributed by atoms with van der Waals surface area (Å²) < 4.78 is 24.2. The lowest BCUT2D eigenvalue weighted by atomic mass is 10.6. The van der Waals surface area contributed by atoms with E-state index in [2.05, 4.69) is 25.9 Å². The predicted molar refractivity (Wildman–Crippen MR) is 44.7 cm³/mol. The van der Waals surface area contributed by atoms with Gasteiger partial charge in [-0.2, -0.15) is 0 Å². The molecule has 1 aromatic heterocycles. The van der Waals surface area contributed by atoms with Gasteiger partial charge in [-0.3, -0.25) is 0 Å². The molecule has 0 atom stereocenters. The van der Waals surface area contributed by atoms with Gasteiger partial charge < -0.3 is 0 Å². The third kappa shape index (κ3) is 2.02. The number of hydrogen-bond acceptors (Lipinski definition) is 2. The zero-order valence-electron chi connectivity index (χ0n) is 5.36. The maximum absolute atomic E-state index is 12.0. The van der Waals surface area contributed by atoms with Gasteiger partial charge in [0.05, 0.1) is 4.47 Å². The van der Waals surface area contributed by atoms with E-state index in [1.165, 1.54) is 0 Å². The van der Waals surface area contributed by atoms with Gasteiger partial charge in [-0.05, 0) is 15.9 Å². The lowest BCUT2D eigenvalue weighted by molar-refractivity contribution is 0.140. The molecule has 0 aromatic carbocycles. The van der Waals surface area contributed by atoms with Crippen molar-refractivity contribution in [1.29, 1.82) is 0 Å². The summed E-state index contributed by atoms with van der Waals surface area (Å²) in [5, 5.41) is -0.240. The summed E-state index contributed by atoms with van der Waals surface area (Å²) in [4.78, 5) is 6.61. The smallest absolute Gasteiger partial charge is 0.214 e. The van der Waals surface area contributed by atoms with Crippen LogP contribution < -0.4 is 0 Å². The van der Waals surface area contributed by atoms with Crippen LogP contribution in [0, 0.1) is 0 Å². The van der Waals surface area contributed by atoms with Gasteiger partial charge in [0.1, 0.15) is 10.3 Å². The maximum atomic E-state index is 12.0. The zero-order chi connectivity index (χ0) is 9.30. The van der Waals surface area contributed by atoms with Gasteiger partial charge in [0.25, 0.3) is 6.43 Å². The highest BCUT2D eigenvalue weighted by atomic mass is 79.9. The molecule has 1 aromatic rings. The second kappa shape index (κ2) is 3.81. The maximum Gasteiger partial charge on any atom is 0.297 e. The van der Waals surface area contributed by atoms with E-state index in [4.69, 9.17) is 23.2 Å². The Labute approximate surface area is 85.0 Å². The highest BCUT2D eigenvalue weighted by molar-refractivity contribution is 9.10. The minimum atomic E-state index is -2.77. The van der Waals surface area contributed by atoms with Crippen molar-refractivity contribution < 1.29 is 8.78 Å². The highest BCUT2D eigenvalue weighted by Gasteiger charge is 2.15. The van der Waals surface area contributed by atoms with E-state index in [1.54, 1.807) is 0 Å². The monoisotopic (exact) mass is 276 g/mol. The summed E-state index contributed by atoms with van der Waals surface area (Å²) in [6.07, 6.45) is -2.77. The molecule has 2 nitrogen and oxygen atoms in total. The fraction of sp³-hybridized carbons (Fsp3) is 0.200. The van der Waals surface area contributed by atoms with E-state index in [9.17, 15) is 8.78 Å². The summed E-state index contributed by atoms with van der Waals surface area (Å²) in [6, 6.07) is 0. The van der Waals surface area contributed by atoms with E-state index in [0.717, 1.165) is 0 Å². The topological polar surface area (TPSA) is 25.8 Å². The fourth-order valence-electron chi connectivity index (χ4n) is 0.507. The van der Waals surface area contributed by atoms with Crippen LogP contribution in [0.5, 0.6) is 0 Å². The summed E-state index contributed by atoms with van der Waals surface area (Å²) in [7, 11) is 0. The molecule has 0 aliphatic heterocycles. The summed E-state index contributed by atoms with van der Waals surface area (Å²) >= 11 is 13.8. The second-order valence-corrected chi connectivity index (χ2v) is 3.29. The third-order valence-corrected chi connectivity index (χ3v) is 2.74. The predicted octanol–water partition coefficient (Wildman–Crippen LogP) is 3.48. The second-order valence-electron chi connectivity index (χ2n) is 1.78. The molecule has 0 saturated carbocycles. The van der Waals surface area contributed by atoms with Crippen molar-refractivity contribution >= 4 is 39.1 Å². The zero-order valence-corrected chi connectivity index (χ0v) is 8.46. The number of nitrogens with zero attached hydrogens (tertiary/aromatic N) is 2. The first-order valence-electron chi connectivity index (χ1n) is 2.69. The van der Waals surface area contributed by atoms with Gasteiger partial charge in [-0.25, -0.2) is 18.7 Å². The summed E-state index contributed by atoms with van der Waals surface area (Å²) in [6.45, 7) is 0. The number of halogens is 5. The van der Waals surface area contributed by atoms with E-state index >= 15 is 0 Å². The minimum Gasteiger partial charge on any atom is -0.214 e. The van der Waals surface area contributed by atoms with Gasteiger partial charge in [-0.15, -0.1) is 0 Å². The number of alkyl halides is 2. The van der Waals surface area contributed by atoms with Crippen molar-refractivity contribution in [1.82, 2.24) is 9.97 Å². The first-order chi connectivity index (χ1) is 5.52. The fourth-order valence-corrected chi connectivity index (χ4v) is 1.08. The Balaban J connectivity index is 3.21. The first-order valence-corrected chi connectivity index (χ1v) is 4.24. The molecule has 7 heteroatoms. The molecule has 0 aliphatic carbocycles. The average molecular weight is 278 g/mol. The van der Waals surface area contributed by atoms with Crippen LogP contribution in [0.15, 0.2) is 4.47 Å². The average Bonchev–Trinajstić information content (AvgIpc) is 1.99. The Morgan fingerprint density at radius 1 is 1.17 bits per heavy atom. The summed E-state index contributed by atoms with van der Waals surface area (Å²) in [5.41, 5.74) is 0. The van der Waals surface area contributed by atoms with Crippen molar-refractivity contribution in [3.05, 3.63) is 20.6 Å².